The number of nitrogens with one attached hydrogen (secondary N) is 1. The van der Waals surface area contributed by atoms with E-state index in [1.807, 2.05) is 6.92 Å². The first kappa shape index (κ1) is 12.8. The summed E-state index contributed by atoms with van der Waals surface area (Å²) in [6, 6.07) is 4.76. The number of ether oxygens (including phenoxy) is 1. The van der Waals surface area contributed by atoms with Crippen LogP contribution in [-0.4, -0.2) is 25.6 Å². The summed E-state index contributed by atoms with van der Waals surface area (Å²) in [6.07, 6.45) is 0. The molecule has 0 atom stereocenters. The lowest BCUT2D eigenvalue weighted by molar-refractivity contribution is 0.0996. The van der Waals surface area contributed by atoms with E-state index in [0.717, 1.165) is 6.54 Å². The first-order chi connectivity index (χ1) is 7.65. The number of amides is 1. The summed E-state index contributed by atoms with van der Waals surface area (Å²) in [5, 5.41) is 3.62. The molecule has 4 nitrogen and oxygen atoms in total. The van der Waals surface area contributed by atoms with Crippen molar-refractivity contribution in [3.63, 3.8) is 0 Å². The molecule has 0 aliphatic rings. The number of hydrogen-bond donors (Lipinski definition) is 2. The molecule has 0 spiro atoms. The summed E-state index contributed by atoms with van der Waals surface area (Å²) in [7, 11) is 0. The quantitative estimate of drug-likeness (QED) is 0.742. The van der Waals surface area contributed by atoms with Crippen molar-refractivity contribution in [1.82, 2.24) is 5.32 Å². The van der Waals surface area contributed by atoms with Gasteiger partial charge in [0.2, 0.25) is 0 Å². The van der Waals surface area contributed by atoms with Gasteiger partial charge in [0.1, 0.15) is 12.4 Å². The molecule has 1 rings (SSSR count). The van der Waals surface area contributed by atoms with E-state index >= 15 is 0 Å². The van der Waals surface area contributed by atoms with Gasteiger partial charge in [0.15, 0.2) is 0 Å². The highest BCUT2D eigenvalue weighted by atomic mass is 35.5. The van der Waals surface area contributed by atoms with Gasteiger partial charge in [-0.25, -0.2) is 0 Å². The molecule has 0 aliphatic carbocycles. The van der Waals surface area contributed by atoms with Gasteiger partial charge in [0, 0.05) is 11.6 Å². The zero-order valence-corrected chi connectivity index (χ0v) is 9.88. The highest BCUT2D eigenvalue weighted by molar-refractivity contribution is 6.30. The first-order valence-corrected chi connectivity index (χ1v) is 5.45. The van der Waals surface area contributed by atoms with Gasteiger partial charge in [-0.2, -0.15) is 0 Å². The summed E-state index contributed by atoms with van der Waals surface area (Å²) < 4.78 is 5.43. The minimum atomic E-state index is -0.518. The third-order valence-corrected chi connectivity index (χ3v) is 2.23. The minimum Gasteiger partial charge on any atom is -0.491 e. The van der Waals surface area contributed by atoms with E-state index in [1.165, 1.54) is 0 Å². The molecule has 0 heterocycles. The van der Waals surface area contributed by atoms with Crippen molar-refractivity contribution in [1.29, 1.82) is 0 Å². The van der Waals surface area contributed by atoms with E-state index in [0.29, 0.717) is 29.5 Å². The molecular weight excluding hydrogens is 228 g/mol. The normalized spacial score (nSPS) is 10.1. The van der Waals surface area contributed by atoms with Crippen molar-refractivity contribution in [3.05, 3.63) is 28.8 Å². The third kappa shape index (κ3) is 3.72. The fourth-order valence-corrected chi connectivity index (χ4v) is 1.39. The highest BCUT2D eigenvalue weighted by Gasteiger charge is 2.09. The van der Waals surface area contributed by atoms with E-state index in [2.05, 4.69) is 5.32 Å². The fraction of sp³-hybridized carbons (Fsp3) is 0.364. The molecule has 0 saturated heterocycles. The second kappa shape index (κ2) is 6.35. The molecule has 88 valence electrons. The van der Waals surface area contributed by atoms with Crippen molar-refractivity contribution < 1.29 is 9.53 Å². The van der Waals surface area contributed by atoms with E-state index < -0.39 is 5.91 Å². The summed E-state index contributed by atoms with van der Waals surface area (Å²) in [5.41, 5.74) is 5.57. The minimum absolute atomic E-state index is 0.348. The Labute approximate surface area is 99.7 Å². The van der Waals surface area contributed by atoms with Crippen LogP contribution in [0.25, 0.3) is 0 Å². The SMILES string of the molecule is CCNCCOc1cc(Cl)ccc1C(N)=O. The van der Waals surface area contributed by atoms with Gasteiger partial charge in [-0.3, -0.25) is 4.79 Å². The molecule has 0 aliphatic heterocycles. The maximum Gasteiger partial charge on any atom is 0.252 e. The van der Waals surface area contributed by atoms with Crippen LogP contribution in [0.2, 0.25) is 5.02 Å². The van der Waals surface area contributed by atoms with Gasteiger partial charge < -0.3 is 15.8 Å². The van der Waals surface area contributed by atoms with Crippen molar-refractivity contribution in [2.45, 2.75) is 6.92 Å². The Morgan fingerprint density at radius 3 is 2.94 bits per heavy atom. The number of carbonyl (C=O) groups excluding carboxylic acids is 1. The Morgan fingerprint density at radius 2 is 2.31 bits per heavy atom. The van der Waals surface area contributed by atoms with Crippen LogP contribution >= 0.6 is 11.6 Å². The standard InChI is InChI=1S/C11H15ClN2O2/c1-2-14-5-6-16-10-7-8(12)3-4-9(10)11(13)15/h3-4,7,14H,2,5-6H2,1H3,(H2,13,15). The second-order valence-electron chi connectivity index (χ2n) is 3.21. The van der Waals surface area contributed by atoms with Gasteiger partial charge in [-0.1, -0.05) is 18.5 Å². The predicted molar refractivity (Wildman–Crippen MR) is 64.0 cm³/mol. The number of hydrogen-bond acceptors (Lipinski definition) is 3. The molecule has 1 amide bonds. The Hall–Kier alpha value is -1.26. The molecule has 1 aromatic rings. The highest BCUT2D eigenvalue weighted by Crippen LogP contribution is 2.22. The Bertz CT molecular complexity index is 369. The molecule has 5 heteroatoms. The summed E-state index contributed by atoms with van der Waals surface area (Å²) in [5.74, 6) is -0.0898. The average molecular weight is 243 g/mol. The molecule has 1 aromatic carbocycles. The molecular formula is C11H15ClN2O2. The van der Waals surface area contributed by atoms with Crippen molar-refractivity contribution in [2.75, 3.05) is 19.7 Å². The van der Waals surface area contributed by atoms with Gasteiger partial charge in [-0.15, -0.1) is 0 Å². The maximum absolute atomic E-state index is 11.1. The van der Waals surface area contributed by atoms with E-state index in [1.54, 1.807) is 18.2 Å². The zero-order valence-electron chi connectivity index (χ0n) is 9.13. The molecule has 0 radical (unpaired) electrons. The topological polar surface area (TPSA) is 64.3 Å². The largest absolute Gasteiger partial charge is 0.491 e. The molecule has 0 fully saturated rings. The Balaban J connectivity index is 2.68. The predicted octanol–water partition coefficient (Wildman–Crippen LogP) is 1.43. The fourth-order valence-electron chi connectivity index (χ4n) is 1.23. The van der Waals surface area contributed by atoms with Crippen LogP contribution < -0.4 is 15.8 Å². The van der Waals surface area contributed by atoms with Crippen molar-refractivity contribution >= 4 is 17.5 Å². The Morgan fingerprint density at radius 1 is 1.56 bits per heavy atom. The Kier molecular flexibility index (Phi) is 5.08. The molecule has 0 bridgehead atoms. The summed E-state index contributed by atoms with van der Waals surface area (Å²) in [6.45, 7) is 4.06. The number of rotatable bonds is 6. The van der Waals surface area contributed by atoms with Gasteiger partial charge in [0.25, 0.3) is 5.91 Å². The number of carbonyl (C=O) groups is 1. The van der Waals surface area contributed by atoms with Crippen LogP contribution in [0, 0.1) is 0 Å². The van der Waals surface area contributed by atoms with Crippen LogP contribution in [0.5, 0.6) is 5.75 Å². The molecule has 16 heavy (non-hydrogen) atoms. The lowest BCUT2D eigenvalue weighted by atomic mass is 10.2. The van der Waals surface area contributed by atoms with Crippen LogP contribution in [0.1, 0.15) is 17.3 Å². The van der Waals surface area contributed by atoms with Gasteiger partial charge in [0.05, 0.1) is 5.56 Å². The number of primary amides is 1. The molecule has 0 saturated carbocycles. The number of likely N-dealkylation sites (N-methyl/N-ethyl adjacent to an activating group) is 1. The average Bonchev–Trinajstić information content (AvgIpc) is 2.24. The number of benzene rings is 1. The smallest absolute Gasteiger partial charge is 0.252 e. The lowest BCUT2D eigenvalue weighted by Crippen LogP contribution is -2.21. The maximum atomic E-state index is 11.1. The van der Waals surface area contributed by atoms with Crippen LogP contribution in [0.4, 0.5) is 0 Å². The van der Waals surface area contributed by atoms with E-state index in [9.17, 15) is 4.79 Å². The molecule has 3 N–H and O–H groups in total. The second-order valence-corrected chi connectivity index (χ2v) is 3.64. The van der Waals surface area contributed by atoms with E-state index in [4.69, 9.17) is 22.1 Å². The summed E-state index contributed by atoms with van der Waals surface area (Å²) >= 11 is 5.81. The van der Waals surface area contributed by atoms with Crippen molar-refractivity contribution in [3.8, 4) is 5.75 Å². The lowest BCUT2D eigenvalue weighted by Gasteiger charge is -2.10. The van der Waals surface area contributed by atoms with Crippen LogP contribution in [0.3, 0.4) is 0 Å². The molecule has 0 aromatic heterocycles. The first-order valence-electron chi connectivity index (χ1n) is 5.08. The molecule has 0 unspecified atom stereocenters. The van der Waals surface area contributed by atoms with Crippen LogP contribution in [-0.2, 0) is 0 Å². The number of halogens is 1. The third-order valence-electron chi connectivity index (χ3n) is 2.00. The number of nitrogens with two attached hydrogens (primary N) is 1. The van der Waals surface area contributed by atoms with E-state index in [-0.39, 0.29) is 0 Å². The zero-order chi connectivity index (χ0) is 12.0. The monoisotopic (exact) mass is 242 g/mol. The summed E-state index contributed by atoms with van der Waals surface area (Å²) in [4.78, 5) is 11.1. The van der Waals surface area contributed by atoms with Crippen molar-refractivity contribution in [2.24, 2.45) is 5.73 Å². The van der Waals surface area contributed by atoms with Crippen LogP contribution in [0.15, 0.2) is 18.2 Å². The van der Waals surface area contributed by atoms with Gasteiger partial charge in [-0.05, 0) is 24.7 Å². The van der Waals surface area contributed by atoms with Gasteiger partial charge >= 0.3 is 0 Å².